The second-order valence-corrected chi connectivity index (χ2v) is 5.73. The molecule has 116 valence electrons. The number of Topliss-reactive ketones (excluding diaryl/α,β-unsaturated/α-hetero) is 1. The van der Waals surface area contributed by atoms with Gasteiger partial charge in [-0.25, -0.2) is 0 Å². The standard InChI is InChI=1S/C17H25NO3/c1-14(19)16-8-4-5-9-17(16)21-13-15(20)12-18-10-6-2-3-7-11-18/h4-5,8-9,15,20H,2-3,6-7,10-13H2,1H3/t15-/m1/s1. The number of β-amino-alcohol motifs (C(OH)–C–C–N with tert-alkyl or cyclic N) is 1. The zero-order chi connectivity index (χ0) is 15.1. The quantitative estimate of drug-likeness (QED) is 0.818. The van der Waals surface area contributed by atoms with Crippen LogP contribution in [-0.4, -0.2) is 48.1 Å². The van der Waals surface area contributed by atoms with Crippen molar-refractivity contribution >= 4 is 5.78 Å². The van der Waals surface area contributed by atoms with Gasteiger partial charge < -0.3 is 14.7 Å². The molecule has 4 heteroatoms. The van der Waals surface area contributed by atoms with Crippen LogP contribution in [0.1, 0.15) is 43.0 Å². The van der Waals surface area contributed by atoms with E-state index in [1.165, 1.54) is 32.6 Å². The number of carbonyl (C=O) groups excluding carboxylic acids is 1. The van der Waals surface area contributed by atoms with Gasteiger partial charge in [0.15, 0.2) is 5.78 Å². The Labute approximate surface area is 126 Å². The molecule has 1 saturated heterocycles. The number of ether oxygens (including phenoxy) is 1. The highest BCUT2D eigenvalue weighted by molar-refractivity contribution is 5.96. The predicted octanol–water partition coefficient (Wildman–Crippen LogP) is 2.50. The number of benzene rings is 1. The van der Waals surface area contributed by atoms with Crippen molar-refractivity contribution in [1.82, 2.24) is 4.90 Å². The predicted molar refractivity (Wildman–Crippen MR) is 82.9 cm³/mol. The van der Waals surface area contributed by atoms with Crippen LogP contribution in [0.2, 0.25) is 0 Å². The first-order valence-corrected chi connectivity index (χ1v) is 7.80. The Bertz CT molecular complexity index is 453. The summed E-state index contributed by atoms with van der Waals surface area (Å²) < 4.78 is 5.64. The molecule has 1 fully saturated rings. The van der Waals surface area contributed by atoms with Crippen LogP contribution in [0, 0.1) is 0 Å². The zero-order valence-corrected chi connectivity index (χ0v) is 12.8. The van der Waals surface area contributed by atoms with Gasteiger partial charge >= 0.3 is 0 Å². The summed E-state index contributed by atoms with van der Waals surface area (Å²) in [7, 11) is 0. The van der Waals surface area contributed by atoms with Crippen molar-refractivity contribution in [3.8, 4) is 5.75 Å². The highest BCUT2D eigenvalue weighted by atomic mass is 16.5. The molecule has 0 saturated carbocycles. The number of rotatable bonds is 6. The molecule has 2 rings (SSSR count). The van der Waals surface area contributed by atoms with E-state index in [-0.39, 0.29) is 12.4 Å². The van der Waals surface area contributed by atoms with Crippen LogP contribution in [0.5, 0.6) is 5.75 Å². The lowest BCUT2D eigenvalue weighted by Gasteiger charge is -2.23. The summed E-state index contributed by atoms with van der Waals surface area (Å²) >= 11 is 0. The van der Waals surface area contributed by atoms with Crippen molar-refractivity contribution in [3.05, 3.63) is 29.8 Å². The minimum Gasteiger partial charge on any atom is -0.490 e. The first kappa shape index (κ1) is 16.0. The van der Waals surface area contributed by atoms with Gasteiger partial charge in [0, 0.05) is 6.54 Å². The van der Waals surface area contributed by atoms with Crippen molar-refractivity contribution in [2.75, 3.05) is 26.2 Å². The van der Waals surface area contributed by atoms with Crippen molar-refractivity contribution in [2.45, 2.75) is 38.7 Å². The summed E-state index contributed by atoms with van der Waals surface area (Å²) in [4.78, 5) is 13.8. The van der Waals surface area contributed by atoms with Crippen LogP contribution in [0.3, 0.4) is 0 Å². The molecule has 1 aromatic rings. The van der Waals surface area contributed by atoms with E-state index in [1.807, 2.05) is 12.1 Å². The number of hydrogen-bond donors (Lipinski definition) is 1. The Hall–Kier alpha value is -1.39. The lowest BCUT2D eigenvalue weighted by Crippen LogP contribution is -2.36. The van der Waals surface area contributed by atoms with Crippen molar-refractivity contribution in [3.63, 3.8) is 0 Å². The Morgan fingerprint density at radius 3 is 2.57 bits per heavy atom. The molecule has 0 bridgehead atoms. The van der Waals surface area contributed by atoms with Crippen LogP contribution in [-0.2, 0) is 0 Å². The van der Waals surface area contributed by atoms with Crippen molar-refractivity contribution in [2.24, 2.45) is 0 Å². The molecule has 0 amide bonds. The van der Waals surface area contributed by atoms with Gasteiger partial charge in [-0.2, -0.15) is 0 Å². The maximum atomic E-state index is 11.5. The van der Waals surface area contributed by atoms with E-state index < -0.39 is 6.10 Å². The number of nitrogens with zero attached hydrogens (tertiary/aromatic N) is 1. The molecule has 1 aliphatic heterocycles. The number of likely N-dealkylation sites (tertiary alicyclic amines) is 1. The van der Waals surface area contributed by atoms with Gasteiger partial charge in [0.2, 0.25) is 0 Å². The van der Waals surface area contributed by atoms with Crippen LogP contribution < -0.4 is 4.74 Å². The fraction of sp³-hybridized carbons (Fsp3) is 0.588. The molecular weight excluding hydrogens is 266 g/mol. The average molecular weight is 291 g/mol. The lowest BCUT2D eigenvalue weighted by molar-refractivity contribution is 0.0686. The highest BCUT2D eigenvalue weighted by Gasteiger charge is 2.15. The summed E-state index contributed by atoms with van der Waals surface area (Å²) in [5.41, 5.74) is 0.569. The topological polar surface area (TPSA) is 49.8 Å². The number of hydrogen-bond acceptors (Lipinski definition) is 4. The van der Waals surface area contributed by atoms with E-state index in [0.29, 0.717) is 17.9 Å². The first-order chi connectivity index (χ1) is 10.2. The molecule has 1 aromatic carbocycles. The summed E-state index contributed by atoms with van der Waals surface area (Å²) in [6.45, 7) is 4.50. The molecule has 0 spiro atoms. The molecule has 21 heavy (non-hydrogen) atoms. The SMILES string of the molecule is CC(=O)c1ccccc1OC[C@H](O)CN1CCCCCC1. The summed E-state index contributed by atoms with van der Waals surface area (Å²) in [6.07, 6.45) is 4.47. The maximum Gasteiger partial charge on any atom is 0.163 e. The summed E-state index contributed by atoms with van der Waals surface area (Å²) in [5.74, 6) is 0.535. The molecule has 0 radical (unpaired) electrons. The third-order valence-corrected chi connectivity index (χ3v) is 3.87. The second kappa shape index (κ2) is 8.15. The van der Waals surface area contributed by atoms with Gasteiger partial charge in [-0.3, -0.25) is 4.79 Å². The maximum absolute atomic E-state index is 11.5. The largest absolute Gasteiger partial charge is 0.490 e. The molecular formula is C17H25NO3. The average Bonchev–Trinajstić information content (AvgIpc) is 2.74. The van der Waals surface area contributed by atoms with Gasteiger partial charge in [0.25, 0.3) is 0 Å². The van der Waals surface area contributed by atoms with Gasteiger partial charge in [-0.05, 0) is 45.0 Å². The van der Waals surface area contributed by atoms with Crippen LogP contribution in [0.25, 0.3) is 0 Å². The Balaban J connectivity index is 1.83. The van der Waals surface area contributed by atoms with E-state index in [2.05, 4.69) is 4.90 Å². The van der Waals surface area contributed by atoms with E-state index in [1.54, 1.807) is 12.1 Å². The smallest absolute Gasteiger partial charge is 0.163 e. The zero-order valence-electron chi connectivity index (χ0n) is 12.8. The molecule has 1 heterocycles. The van der Waals surface area contributed by atoms with E-state index >= 15 is 0 Å². The number of aliphatic hydroxyl groups is 1. The number of carbonyl (C=O) groups is 1. The van der Waals surface area contributed by atoms with Gasteiger partial charge in [-0.1, -0.05) is 25.0 Å². The monoisotopic (exact) mass is 291 g/mol. The summed E-state index contributed by atoms with van der Waals surface area (Å²) in [6, 6.07) is 7.18. The molecule has 0 aromatic heterocycles. The second-order valence-electron chi connectivity index (χ2n) is 5.73. The Morgan fingerprint density at radius 1 is 1.24 bits per heavy atom. The Morgan fingerprint density at radius 2 is 1.90 bits per heavy atom. The summed E-state index contributed by atoms with van der Waals surface area (Å²) in [5, 5.41) is 10.1. The van der Waals surface area contributed by atoms with Crippen LogP contribution >= 0.6 is 0 Å². The van der Waals surface area contributed by atoms with E-state index in [9.17, 15) is 9.90 Å². The molecule has 0 unspecified atom stereocenters. The van der Waals surface area contributed by atoms with E-state index in [0.717, 1.165) is 13.1 Å². The minimum absolute atomic E-state index is 0.0207. The van der Waals surface area contributed by atoms with Gasteiger partial charge in [-0.15, -0.1) is 0 Å². The number of para-hydroxylation sites is 1. The lowest BCUT2D eigenvalue weighted by atomic mass is 10.1. The highest BCUT2D eigenvalue weighted by Crippen LogP contribution is 2.18. The minimum atomic E-state index is -0.525. The van der Waals surface area contributed by atoms with Crippen molar-refractivity contribution < 1.29 is 14.6 Å². The van der Waals surface area contributed by atoms with Gasteiger partial charge in [0.05, 0.1) is 5.56 Å². The molecule has 1 aliphatic rings. The third kappa shape index (κ3) is 5.14. The van der Waals surface area contributed by atoms with E-state index in [4.69, 9.17) is 4.74 Å². The number of aliphatic hydroxyl groups excluding tert-OH is 1. The molecule has 4 nitrogen and oxygen atoms in total. The fourth-order valence-electron chi connectivity index (χ4n) is 2.74. The first-order valence-electron chi connectivity index (χ1n) is 7.80. The molecule has 0 aliphatic carbocycles. The van der Waals surface area contributed by atoms with Crippen LogP contribution in [0.4, 0.5) is 0 Å². The number of ketones is 1. The third-order valence-electron chi connectivity index (χ3n) is 3.87. The Kier molecular flexibility index (Phi) is 6.21. The molecule has 1 N–H and O–H groups in total. The van der Waals surface area contributed by atoms with Crippen molar-refractivity contribution in [1.29, 1.82) is 0 Å². The van der Waals surface area contributed by atoms with Gasteiger partial charge in [0.1, 0.15) is 18.5 Å². The fourth-order valence-corrected chi connectivity index (χ4v) is 2.74. The normalized spacial score (nSPS) is 18.0. The molecule has 1 atom stereocenters. The van der Waals surface area contributed by atoms with Crippen LogP contribution in [0.15, 0.2) is 24.3 Å².